The molecule has 1 unspecified atom stereocenters. The van der Waals surface area contributed by atoms with Gasteiger partial charge in [0.25, 0.3) is 0 Å². The van der Waals surface area contributed by atoms with Gasteiger partial charge < -0.3 is 19.5 Å². The van der Waals surface area contributed by atoms with Crippen LogP contribution in [0.1, 0.15) is 61.1 Å². The molecule has 0 radical (unpaired) electrons. The molecule has 2 aromatic rings. The Bertz CT molecular complexity index is 895. The topological polar surface area (TPSA) is 41.9 Å². The molecule has 1 heterocycles. The molecule has 2 atom stereocenters. The van der Waals surface area contributed by atoms with Gasteiger partial charge in [-0.1, -0.05) is 37.5 Å². The van der Waals surface area contributed by atoms with E-state index >= 15 is 0 Å². The van der Waals surface area contributed by atoms with Crippen LogP contribution >= 0.6 is 0 Å². The Morgan fingerprint density at radius 3 is 2.25 bits per heavy atom. The normalized spacial score (nSPS) is 24.4. The first-order valence-electron chi connectivity index (χ1n) is 12.4. The molecule has 5 rings (SSSR count). The Kier molecular flexibility index (Phi) is 6.43. The highest BCUT2D eigenvalue weighted by Crippen LogP contribution is 2.50. The molecule has 2 aromatic carbocycles. The summed E-state index contributed by atoms with van der Waals surface area (Å²) in [7, 11) is 3.47. The standard InChI is InChI=1S/C28H37NO3/c1-31-28(32-2)21-14-16-29(17-15-21)23-9-6-20(7-10-23)27-25(19-4-3-5-19)12-8-22-18-24(30)11-13-26(22)27/h6-7,9-11,13,18-19,21,25,27-28,30H,3-5,8,12,14-17H2,1-2H3/t25-,27?/m1/s1. The summed E-state index contributed by atoms with van der Waals surface area (Å²) in [5.41, 5.74) is 5.53. The zero-order valence-corrected chi connectivity index (χ0v) is 19.5. The molecule has 1 saturated heterocycles. The maximum atomic E-state index is 10.0. The first-order valence-corrected chi connectivity index (χ1v) is 12.4. The number of piperidine rings is 1. The second kappa shape index (κ2) is 9.44. The monoisotopic (exact) mass is 435 g/mol. The number of anilines is 1. The number of aromatic hydroxyl groups is 1. The lowest BCUT2D eigenvalue weighted by Gasteiger charge is -2.43. The largest absolute Gasteiger partial charge is 0.508 e. The van der Waals surface area contributed by atoms with Crippen molar-refractivity contribution in [1.29, 1.82) is 0 Å². The number of benzene rings is 2. The van der Waals surface area contributed by atoms with Gasteiger partial charge in [0.15, 0.2) is 6.29 Å². The van der Waals surface area contributed by atoms with Crippen molar-refractivity contribution in [2.45, 2.75) is 57.2 Å². The average Bonchev–Trinajstić information content (AvgIpc) is 2.79. The number of hydrogen-bond donors (Lipinski definition) is 1. The van der Waals surface area contributed by atoms with E-state index in [0.29, 0.717) is 17.6 Å². The third-order valence-electron chi connectivity index (χ3n) is 8.40. The molecule has 4 nitrogen and oxygen atoms in total. The fourth-order valence-corrected chi connectivity index (χ4v) is 6.44. The SMILES string of the molecule is COC(OC)C1CCN(c2ccc(C3c4ccc(O)cc4CC[C@@H]3C3CCC3)cc2)CC1. The van der Waals surface area contributed by atoms with Gasteiger partial charge in [-0.3, -0.25) is 0 Å². The highest BCUT2D eigenvalue weighted by molar-refractivity contribution is 5.51. The van der Waals surface area contributed by atoms with Crippen LogP contribution < -0.4 is 4.90 Å². The summed E-state index contributed by atoms with van der Waals surface area (Å²) in [6, 6.07) is 15.4. The van der Waals surface area contributed by atoms with Gasteiger partial charge in [-0.15, -0.1) is 0 Å². The highest BCUT2D eigenvalue weighted by atomic mass is 16.7. The van der Waals surface area contributed by atoms with Crippen LogP contribution in [0.15, 0.2) is 42.5 Å². The lowest BCUT2D eigenvalue weighted by atomic mass is 9.62. The molecular weight excluding hydrogens is 398 g/mol. The maximum Gasteiger partial charge on any atom is 0.159 e. The number of rotatable bonds is 6. The third kappa shape index (κ3) is 4.15. The minimum absolute atomic E-state index is 0.0891. The average molecular weight is 436 g/mol. The van der Waals surface area contributed by atoms with E-state index in [1.807, 2.05) is 12.1 Å². The van der Waals surface area contributed by atoms with Crippen molar-refractivity contribution >= 4 is 5.69 Å². The molecule has 1 N–H and O–H groups in total. The molecule has 0 bridgehead atoms. The van der Waals surface area contributed by atoms with Crippen molar-refractivity contribution in [2.24, 2.45) is 17.8 Å². The van der Waals surface area contributed by atoms with Crippen molar-refractivity contribution in [1.82, 2.24) is 0 Å². The Balaban J connectivity index is 1.35. The molecule has 32 heavy (non-hydrogen) atoms. The first-order chi connectivity index (χ1) is 15.7. The molecule has 1 aliphatic heterocycles. The lowest BCUT2D eigenvalue weighted by molar-refractivity contribution is -0.141. The van der Waals surface area contributed by atoms with E-state index in [-0.39, 0.29) is 6.29 Å². The number of nitrogens with zero attached hydrogens (tertiary/aromatic N) is 1. The summed E-state index contributed by atoms with van der Waals surface area (Å²) < 4.78 is 11.0. The Morgan fingerprint density at radius 2 is 1.62 bits per heavy atom. The van der Waals surface area contributed by atoms with Crippen molar-refractivity contribution in [3.05, 3.63) is 59.2 Å². The van der Waals surface area contributed by atoms with Crippen molar-refractivity contribution in [2.75, 3.05) is 32.2 Å². The van der Waals surface area contributed by atoms with Gasteiger partial charge >= 0.3 is 0 Å². The summed E-state index contributed by atoms with van der Waals surface area (Å²) in [4.78, 5) is 2.50. The molecule has 2 aliphatic carbocycles. The Labute approximate surface area is 192 Å². The van der Waals surface area contributed by atoms with E-state index in [1.165, 1.54) is 48.1 Å². The number of methoxy groups -OCH3 is 2. The van der Waals surface area contributed by atoms with Gasteiger partial charge in [-0.05, 0) is 78.5 Å². The van der Waals surface area contributed by atoms with Crippen LogP contribution in [0, 0.1) is 17.8 Å². The van der Waals surface area contributed by atoms with Crippen LogP contribution in [-0.2, 0) is 15.9 Å². The van der Waals surface area contributed by atoms with Crippen molar-refractivity contribution < 1.29 is 14.6 Å². The van der Waals surface area contributed by atoms with E-state index in [4.69, 9.17) is 9.47 Å². The summed E-state index contributed by atoms with van der Waals surface area (Å²) >= 11 is 0. The predicted octanol–water partition coefficient (Wildman–Crippen LogP) is 5.72. The second-order valence-electron chi connectivity index (χ2n) is 10.0. The third-order valence-corrected chi connectivity index (χ3v) is 8.40. The van der Waals surface area contributed by atoms with E-state index < -0.39 is 0 Å². The van der Waals surface area contributed by atoms with Crippen molar-refractivity contribution in [3.8, 4) is 5.75 Å². The number of phenols is 1. The molecule has 0 aromatic heterocycles. The lowest BCUT2D eigenvalue weighted by Crippen LogP contribution is -2.39. The van der Waals surface area contributed by atoms with Gasteiger partial charge in [0.1, 0.15) is 5.75 Å². The highest BCUT2D eigenvalue weighted by Gasteiger charge is 2.38. The van der Waals surface area contributed by atoms with Crippen LogP contribution in [0.4, 0.5) is 5.69 Å². The zero-order chi connectivity index (χ0) is 22.1. The quantitative estimate of drug-likeness (QED) is 0.589. The van der Waals surface area contributed by atoms with Crippen LogP contribution in [0.25, 0.3) is 0 Å². The van der Waals surface area contributed by atoms with E-state index in [0.717, 1.165) is 44.2 Å². The second-order valence-corrected chi connectivity index (χ2v) is 10.0. The smallest absolute Gasteiger partial charge is 0.159 e. The summed E-state index contributed by atoms with van der Waals surface area (Å²) in [5, 5.41) is 10.0. The maximum absolute atomic E-state index is 10.0. The molecule has 0 spiro atoms. The molecular formula is C28H37NO3. The number of hydrogen-bond acceptors (Lipinski definition) is 4. The minimum atomic E-state index is -0.0891. The van der Waals surface area contributed by atoms with Gasteiger partial charge in [0, 0.05) is 44.8 Å². The number of phenolic OH excluding ortho intramolecular Hbond substituents is 1. The number of ether oxygens (including phenoxy) is 2. The molecule has 0 amide bonds. The van der Waals surface area contributed by atoms with Crippen LogP contribution in [0.3, 0.4) is 0 Å². The molecule has 3 aliphatic rings. The van der Waals surface area contributed by atoms with Crippen LogP contribution in [0.2, 0.25) is 0 Å². The van der Waals surface area contributed by atoms with Crippen molar-refractivity contribution in [3.63, 3.8) is 0 Å². The predicted molar refractivity (Wildman–Crippen MR) is 128 cm³/mol. The van der Waals surface area contributed by atoms with Gasteiger partial charge in [-0.2, -0.15) is 0 Å². The van der Waals surface area contributed by atoms with Crippen LogP contribution in [-0.4, -0.2) is 38.7 Å². The van der Waals surface area contributed by atoms with Gasteiger partial charge in [0.05, 0.1) is 0 Å². The molecule has 2 fully saturated rings. The number of aryl methyl sites for hydroxylation is 1. The minimum Gasteiger partial charge on any atom is -0.508 e. The van der Waals surface area contributed by atoms with Gasteiger partial charge in [-0.25, -0.2) is 0 Å². The van der Waals surface area contributed by atoms with E-state index in [9.17, 15) is 5.11 Å². The fraction of sp³-hybridized carbons (Fsp3) is 0.571. The Morgan fingerprint density at radius 1 is 0.906 bits per heavy atom. The van der Waals surface area contributed by atoms with E-state index in [1.54, 1.807) is 14.2 Å². The molecule has 1 saturated carbocycles. The molecule has 4 heteroatoms. The molecule has 172 valence electrons. The first kappa shape index (κ1) is 21.8. The summed E-state index contributed by atoms with van der Waals surface area (Å²) in [5.74, 6) is 2.90. The summed E-state index contributed by atoms with van der Waals surface area (Å²) in [6.07, 6.45) is 8.58. The fourth-order valence-electron chi connectivity index (χ4n) is 6.44. The van der Waals surface area contributed by atoms with Crippen LogP contribution in [0.5, 0.6) is 5.75 Å². The number of fused-ring (bicyclic) bond motifs is 1. The van der Waals surface area contributed by atoms with E-state index in [2.05, 4.69) is 35.2 Å². The van der Waals surface area contributed by atoms with Gasteiger partial charge in [0.2, 0.25) is 0 Å². The zero-order valence-electron chi connectivity index (χ0n) is 19.5. The summed E-state index contributed by atoms with van der Waals surface area (Å²) in [6.45, 7) is 2.09. The Hall–Kier alpha value is -2.04.